The van der Waals surface area contributed by atoms with Gasteiger partial charge in [0.25, 0.3) is 0 Å². The van der Waals surface area contributed by atoms with Crippen molar-refractivity contribution in [2.75, 3.05) is 6.26 Å². The molecule has 0 bridgehead atoms. The molecule has 1 unspecified atom stereocenters. The molecule has 62 valence electrons. The number of sulfone groups is 1. The first-order valence-electron chi connectivity index (χ1n) is 2.28. The van der Waals surface area contributed by atoms with Gasteiger partial charge in [-0.3, -0.25) is 0 Å². The lowest BCUT2D eigenvalue weighted by Gasteiger charge is -2.02. The molecule has 4 nitrogen and oxygen atoms in total. The molecule has 0 aliphatic rings. The Morgan fingerprint density at radius 2 is 1.50 bits per heavy atom. The fourth-order valence-electron chi connectivity index (χ4n) is 0.209. The van der Waals surface area contributed by atoms with E-state index in [-0.39, 0.29) is 0 Å². The third kappa shape index (κ3) is 2.85. The van der Waals surface area contributed by atoms with Crippen LogP contribution in [0.5, 0.6) is 0 Å². The van der Waals surface area contributed by atoms with Crippen molar-refractivity contribution in [2.24, 2.45) is 0 Å². The van der Waals surface area contributed by atoms with Crippen molar-refractivity contribution >= 4 is 29.6 Å². The molecular formula is C3H7ClO4S2. The van der Waals surface area contributed by atoms with Crippen LogP contribution in [0.2, 0.25) is 0 Å². The number of hydrogen-bond acceptors (Lipinski definition) is 4. The van der Waals surface area contributed by atoms with Gasteiger partial charge >= 0.3 is 0 Å². The van der Waals surface area contributed by atoms with Crippen LogP contribution in [0.3, 0.4) is 0 Å². The van der Waals surface area contributed by atoms with Crippen molar-refractivity contribution in [3.63, 3.8) is 0 Å². The van der Waals surface area contributed by atoms with Crippen LogP contribution in [-0.2, 0) is 18.9 Å². The summed E-state index contributed by atoms with van der Waals surface area (Å²) >= 11 is 0. The molecule has 0 N–H and O–H groups in total. The van der Waals surface area contributed by atoms with Crippen LogP contribution in [0.15, 0.2) is 0 Å². The van der Waals surface area contributed by atoms with Gasteiger partial charge in [0.05, 0.1) is 0 Å². The molecular weight excluding hydrogens is 200 g/mol. The molecule has 0 aliphatic heterocycles. The van der Waals surface area contributed by atoms with E-state index in [1.165, 1.54) is 0 Å². The second-order valence-electron chi connectivity index (χ2n) is 1.87. The number of halogens is 1. The van der Waals surface area contributed by atoms with Crippen molar-refractivity contribution in [3.05, 3.63) is 0 Å². The minimum Gasteiger partial charge on any atom is -0.228 e. The largest absolute Gasteiger partial charge is 0.249 e. The number of hydrogen-bond donors (Lipinski definition) is 0. The highest BCUT2D eigenvalue weighted by atomic mass is 35.7. The molecule has 10 heavy (non-hydrogen) atoms. The van der Waals surface area contributed by atoms with Gasteiger partial charge in [-0.1, -0.05) is 0 Å². The Kier molecular flexibility index (Phi) is 2.72. The second kappa shape index (κ2) is 2.67. The lowest BCUT2D eigenvalue weighted by Crippen LogP contribution is -2.22. The van der Waals surface area contributed by atoms with E-state index >= 15 is 0 Å². The molecule has 0 aromatic carbocycles. The molecule has 0 aromatic heterocycles. The van der Waals surface area contributed by atoms with Crippen molar-refractivity contribution in [2.45, 2.75) is 11.5 Å². The highest BCUT2D eigenvalue weighted by Gasteiger charge is 2.27. The molecule has 0 aliphatic carbocycles. The van der Waals surface area contributed by atoms with Crippen LogP contribution in [0.4, 0.5) is 0 Å². The van der Waals surface area contributed by atoms with Gasteiger partial charge in [-0.25, -0.2) is 16.8 Å². The number of rotatable bonds is 2. The quantitative estimate of drug-likeness (QED) is 0.594. The first-order chi connectivity index (χ1) is 4.15. The second-order valence-corrected chi connectivity index (χ2v) is 7.49. The van der Waals surface area contributed by atoms with E-state index in [2.05, 4.69) is 0 Å². The Bertz CT molecular complexity index is 267. The zero-order valence-electron chi connectivity index (χ0n) is 5.40. The molecule has 0 saturated carbocycles. The smallest absolute Gasteiger partial charge is 0.228 e. The van der Waals surface area contributed by atoms with Gasteiger partial charge in [0.2, 0.25) is 9.05 Å². The van der Waals surface area contributed by atoms with E-state index in [4.69, 9.17) is 10.7 Å². The average Bonchev–Trinajstić information content (AvgIpc) is 1.59. The van der Waals surface area contributed by atoms with Crippen LogP contribution in [0.1, 0.15) is 6.92 Å². The van der Waals surface area contributed by atoms with Crippen molar-refractivity contribution < 1.29 is 16.8 Å². The maximum absolute atomic E-state index is 10.5. The molecule has 1 atom stereocenters. The molecule has 0 rings (SSSR count). The summed E-state index contributed by atoms with van der Waals surface area (Å²) in [6, 6.07) is 0. The van der Waals surface area contributed by atoms with Gasteiger partial charge < -0.3 is 0 Å². The molecule has 0 aromatic rings. The summed E-state index contributed by atoms with van der Waals surface area (Å²) in [6.45, 7) is 1.03. The molecule has 0 heterocycles. The third-order valence-electron chi connectivity index (χ3n) is 0.999. The molecule has 7 heteroatoms. The van der Waals surface area contributed by atoms with Crippen LogP contribution >= 0.6 is 10.7 Å². The van der Waals surface area contributed by atoms with Crippen LogP contribution in [0, 0.1) is 0 Å². The van der Waals surface area contributed by atoms with E-state index in [0.29, 0.717) is 0 Å². The Labute approximate surface area is 64.5 Å². The fraction of sp³-hybridized carbons (Fsp3) is 1.00. The van der Waals surface area contributed by atoms with Gasteiger partial charge in [0.15, 0.2) is 14.4 Å². The van der Waals surface area contributed by atoms with Crippen LogP contribution in [0.25, 0.3) is 0 Å². The van der Waals surface area contributed by atoms with Gasteiger partial charge in [-0.2, -0.15) is 0 Å². The summed E-state index contributed by atoms with van der Waals surface area (Å²) in [7, 11) is -2.80. The topological polar surface area (TPSA) is 68.3 Å². The van der Waals surface area contributed by atoms with E-state index in [9.17, 15) is 16.8 Å². The van der Waals surface area contributed by atoms with E-state index in [1.807, 2.05) is 0 Å². The monoisotopic (exact) mass is 206 g/mol. The van der Waals surface area contributed by atoms with Crippen LogP contribution in [-0.4, -0.2) is 27.7 Å². The Balaban J connectivity index is 4.94. The molecule has 0 fully saturated rings. The summed E-state index contributed by atoms with van der Waals surface area (Å²) < 4.78 is 40.2. The zero-order valence-corrected chi connectivity index (χ0v) is 7.79. The lowest BCUT2D eigenvalue weighted by atomic mass is 11.0. The summed E-state index contributed by atoms with van der Waals surface area (Å²) in [4.78, 5) is 0. The highest BCUT2D eigenvalue weighted by molar-refractivity contribution is 8.22. The van der Waals surface area contributed by atoms with E-state index in [1.54, 1.807) is 0 Å². The summed E-state index contributed by atoms with van der Waals surface area (Å²) in [6.07, 6.45) is 0.817. The van der Waals surface area contributed by atoms with E-state index in [0.717, 1.165) is 13.2 Å². The summed E-state index contributed by atoms with van der Waals surface area (Å²) in [5.74, 6) is 0. The van der Waals surface area contributed by atoms with E-state index < -0.39 is 23.5 Å². The average molecular weight is 207 g/mol. The molecule has 0 spiro atoms. The Hall–Kier alpha value is 0.190. The summed E-state index contributed by atoms with van der Waals surface area (Å²) in [5.41, 5.74) is 0. The molecule has 0 amide bonds. The van der Waals surface area contributed by atoms with Crippen molar-refractivity contribution in [3.8, 4) is 0 Å². The highest BCUT2D eigenvalue weighted by Crippen LogP contribution is 2.11. The first-order valence-corrected chi connectivity index (χ1v) is 6.61. The molecule has 0 saturated heterocycles. The minimum atomic E-state index is -3.98. The zero-order chi connectivity index (χ0) is 8.58. The predicted molar refractivity (Wildman–Crippen MR) is 39.1 cm³/mol. The minimum absolute atomic E-state index is 0.817. The Morgan fingerprint density at radius 3 is 1.50 bits per heavy atom. The fourth-order valence-corrected chi connectivity index (χ4v) is 3.07. The normalized spacial score (nSPS) is 16.7. The Morgan fingerprint density at radius 1 is 1.20 bits per heavy atom. The van der Waals surface area contributed by atoms with Gasteiger partial charge in [0.1, 0.15) is 0 Å². The van der Waals surface area contributed by atoms with Crippen molar-refractivity contribution in [1.29, 1.82) is 0 Å². The maximum atomic E-state index is 10.5. The predicted octanol–water partition coefficient (Wildman–Crippen LogP) is -0.0544. The maximum Gasteiger partial charge on any atom is 0.249 e. The third-order valence-corrected chi connectivity index (χ3v) is 5.93. The standard InChI is InChI=1S/C3H7ClO4S2/c1-3(9(2,5)6)10(4,7)8/h3H,1-2H3. The first kappa shape index (κ1) is 10.2. The van der Waals surface area contributed by atoms with Gasteiger partial charge in [-0.05, 0) is 6.92 Å². The van der Waals surface area contributed by atoms with Gasteiger partial charge in [-0.15, -0.1) is 0 Å². The molecule has 0 radical (unpaired) electrons. The lowest BCUT2D eigenvalue weighted by molar-refractivity contribution is 0.588. The SMILES string of the molecule is CC(S(C)(=O)=O)S(=O)(=O)Cl. The van der Waals surface area contributed by atoms with Gasteiger partial charge in [0, 0.05) is 16.9 Å². The summed E-state index contributed by atoms with van der Waals surface area (Å²) in [5, 5.41) is 0. The van der Waals surface area contributed by atoms with Crippen molar-refractivity contribution in [1.82, 2.24) is 0 Å². The van der Waals surface area contributed by atoms with Crippen LogP contribution < -0.4 is 0 Å².